The van der Waals surface area contributed by atoms with Crippen molar-refractivity contribution < 1.29 is 28.6 Å². The summed E-state index contributed by atoms with van der Waals surface area (Å²) in [6.45, 7) is 6.60. The second-order valence-corrected chi connectivity index (χ2v) is 24.5. The van der Waals surface area contributed by atoms with Crippen molar-refractivity contribution in [3.63, 3.8) is 0 Å². The van der Waals surface area contributed by atoms with Crippen molar-refractivity contribution in [2.24, 2.45) is 0 Å². The molecule has 1 atom stereocenters. The van der Waals surface area contributed by atoms with Crippen LogP contribution in [-0.2, 0) is 28.6 Å². The predicted molar refractivity (Wildman–Crippen MR) is 358 cm³/mol. The van der Waals surface area contributed by atoms with Gasteiger partial charge in [0.05, 0.1) is 0 Å². The molecule has 0 aromatic carbocycles. The van der Waals surface area contributed by atoms with Gasteiger partial charge in [-0.25, -0.2) is 0 Å². The molecular formula is C76H138O6. The maximum absolute atomic E-state index is 13.0. The Morgan fingerprint density at radius 2 is 0.476 bits per heavy atom. The van der Waals surface area contributed by atoms with Gasteiger partial charge in [-0.3, -0.25) is 14.4 Å². The molecule has 0 radical (unpaired) electrons. The summed E-state index contributed by atoms with van der Waals surface area (Å²) in [6, 6.07) is 0. The Balaban J connectivity index is 4.22. The molecule has 0 aliphatic carbocycles. The third-order valence-electron chi connectivity index (χ3n) is 16.3. The molecule has 6 nitrogen and oxygen atoms in total. The largest absolute Gasteiger partial charge is 0.462 e. The van der Waals surface area contributed by atoms with Crippen LogP contribution in [0.25, 0.3) is 0 Å². The van der Waals surface area contributed by atoms with E-state index >= 15 is 0 Å². The second kappa shape index (κ2) is 70.6. The Kier molecular flexibility index (Phi) is 68.1. The lowest BCUT2D eigenvalue weighted by molar-refractivity contribution is -0.167. The molecule has 0 spiro atoms. The van der Waals surface area contributed by atoms with Crippen LogP contribution in [0, 0.1) is 0 Å². The fourth-order valence-corrected chi connectivity index (χ4v) is 10.9. The fraction of sp³-hybridized carbons (Fsp3) is 0.829. The number of ether oxygens (including phenoxy) is 3. The lowest BCUT2D eigenvalue weighted by atomic mass is 10.0. The van der Waals surface area contributed by atoms with E-state index < -0.39 is 6.10 Å². The molecule has 0 aliphatic heterocycles. The molecule has 0 saturated carbocycles. The quantitative estimate of drug-likeness (QED) is 0.0261. The molecule has 82 heavy (non-hydrogen) atoms. The van der Waals surface area contributed by atoms with Crippen LogP contribution in [0.1, 0.15) is 387 Å². The van der Waals surface area contributed by atoms with Crippen LogP contribution in [0.4, 0.5) is 0 Å². The first kappa shape index (κ1) is 79.1. The van der Waals surface area contributed by atoms with E-state index in [1.165, 1.54) is 257 Å². The standard InChI is InChI=1S/C76H138O6/c1-4-7-10-13-16-19-22-25-27-29-31-33-35-36-37-38-39-40-41-43-44-46-48-51-54-57-60-63-66-69-75(78)81-72-73(71-80-74(77)68-65-62-59-56-53-50-24-21-18-15-12-9-6-3)82-76(79)70-67-64-61-58-55-52-49-47-45-42-34-32-30-28-26-23-20-17-14-11-8-5-2/h7,10,16,19,25,27,31,33,36-37,73H,4-6,8-9,11-15,17-18,20-24,26,28-30,32,34-35,38-72H2,1-3H3/b10-7-,19-16-,27-25-,33-31-,37-36-. The second-order valence-electron chi connectivity index (χ2n) is 24.5. The molecule has 0 N–H and O–H groups in total. The topological polar surface area (TPSA) is 78.9 Å². The highest BCUT2D eigenvalue weighted by Gasteiger charge is 2.19. The minimum absolute atomic E-state index is 0.0674. The normalized spacial score (nSPS) is 12.4. The van der Waals surface area contributed by atoms with Crippen molar-refractivity contribution in [2.45, 2.75) is 393 Å². The van der Waals surface area contributed by atoms with E-state index in [0.717, 1.165) is 89.9 Å². The van der Waals surface area contributed by atoms with E-state index in [1.54, 1.807) is 0 Å². The smallest absolute Gasteiger partial charge is 0.306 e. The Bertz CT molecular complexity index is 1460. The molecule has 0 amide bonds. The molecule has 0 fully saturated rings. The zero-order chi connectivity index (χ0) is 59.2. The third kappa shape index (κ3) is 67.9. The highest BCUT2D eigenvalue weighted by molar-refractivity contribution is 5.71. The summed E-state index contributed by atoms with van der Waals surface area (Å²) < 4.78 is 17.0. The summed E-state index contributed by atoms with van der Waals surface area (Å²) in [4.78, 5) is 38.5. The van der Waals surface area contributed by atoms with Crippen molar-refractivity contribution in [1.29, 1.82) is 0 Å². The molecule has 0 aromatic heterocycles. The number of esters is 3. The molecule has 0 aliphatic rings. The van der Waals surface area contributed by atoms with Crippen molar-refractivity contribution >= 4 is 17.9 Å². The summed E-state index contributed by atoms with van der Waals surface area (Å²) in [5.74, 6) is -0.840. The molecule has 0 bridgehead atoms. The lowest BCUT2D eigenvalue weighted by Gasteiger charge is -2.18. The summed E-state index contributed by atoms with van der Waals surface area (Å²) >= 11 is 0. The zero-order valence-electron chi connectivity index (χ0n) is 55.0. The SMILES string of the molecule is CC/C=C\C/C=C\C/C=C\C/C=C\C/C=C\CCCCCCCCCCCCCCCC(=O)OCC(COC(=O)CCCCCCCCCCCCCCC)OC(=O)CCCCCCCCCCCCCCCCCCCCCCCC. The van der Waals surface area contributed by atoms with E-state index in [1.807, 2.05) is 0 Å². The number of rotatable bonds is 67. The van der Waals surface area contributed by atoms with Crippen LogP contribution in [0.15, 0.2) is 60.8 Å². The molecule has 0 aromatic rings. The highest BCUT2D eigenvalue weighted by Crippen LogP contribution is 2.19. The van der Waals surface area contributed by atoms with Crippen molar-refractivity contribution in [3.8, 4) is 0 Å². The molecule has 6 heteroatoms. The average molecular weight is 1150 g/mol. The maximum atomic E-state index is 13.0. The Morgan fingerprint density at radius 1 is 0.256 bits per heavy atom. The van der Waals surface area contributed by atoms with Gasteiger partial charge in [-0.2, -0.15) is 0 Å². The van der Waals surface area contributed by atoms with Gasteiger partial charge in [0, 0.05) is 19.3 Å². The Labute approximate surface area is 510 Å². The van der Waals surface area contributed by atoms with Gasteiger partial charge in [0.2, 0.25) is 0 Å². The van der Waals surface area contributed by atoms with Gasteiger partial charge < -0.3 is 14.2 Å². The Morgan fingerprint density at radius 3 is 0.744 bits per heavy atom. The number of carbonyl (C=O) groups is 3. The van der Waals surface area contributed by atoms with Gasteiger partial charge in [-0.05, 0) is 64.2 Å². The highest BCUT2D eigenvalue weighted by atomic mass is 16.6. The summed E-state index contributed by atoms with van der Waals surface area (Å²) in [5.41, 5.74) is 0. The van der Waals surface area contributed by atoms with Crippen LogP contribution in [-0.4, -0.2) is 37.2 Å². The number of hydrogen-bond donors (Lipinski definition) is 0. The minimum Gasteiger partial charge on any atom is -0.462 e. The van der Waals surface area contributed by atoms with Gasteiger partial charge in [0.1, 0.15) is 13.2 Å². The molecule has 1 unspecified atom stereocenters. The van der Waals surface area contributed by atoms with E-state index in [2.05, 4.69) is 81.5 Å². The minimum atomic E-state index is -0.771. The summed E-state index contributed by atoms with van der Waals surface area (Å²) in [7, 11) is 0. The van der Waals surface area contributed by atoms with E-state index in [9.17, 15) is 14.4 Å². The first-order chi connectivity index (χ1) is 40.5. The first-order valence-corrected chi connectivity index (χ1v) is 36.3. The monoisotopic (exact) mass is 1150 g/mol. The Hall–Kier alpha value is -2.89. The van der Waals surface area contributed by atoms with Gasteiger partial charge in [0.25, 0.3) is 0 Å². The molecule has 0 rings (SSSR count). The van der Waals surface area contributed by atoms with E-state index in [0.29, 0.717) is 19.3 Å². The van der Waals surface area contributed by atoms with Crippen molar-refractivity contribution in [3.05, 3.63) is 60.8 Å². The number of allylic oxidation sites excluding steroid dienone is 10. The lowest BCUT2D eigenvalue weighted by Crippen LogP contribution is -2.30. The summed E-state index contributed by atoms with van der Waals surface area (Å²) in [5, 5.41) is 0. The van der Waals surface area contributed by atoms with Crippen molar-refractivity contribution in [1.82, 2.24) is 0 Å². The van der Waals surface area contributed by atoms with E-state index in [4.69, 9.17) is 14.2 Å². The fourth-order valence-electron chi connectivity index (χ4n) is 10.9. The van der Waals surface area contributed by atoms with Gasteiger partial charge in [0.15, 0.2) is 6.10 Å². The molecule has 478 valence electrons. The molecular weight excluding hydrogens is 1010 g/mol. The first-order valence-electron chi connectivity index (χ1n) is 36.3. The van der Waals surface area contributed by atoms with Gasteiger partial charge in [-0.15, -0.1) is 0 Å². The van der Waals surface area contributed by atoms with Gasteiger partial charge >= 0.3 is 17.9 Å². The number of carbonyl (C=O) groups excluding carboxylic acids is 3. The van der Waals surface area contributed by atoms with Crippen LogP contribution in [0.5, 0.6) is 0 Å². The molecule has 0 saturated heterocycles. The number of unbranched alkanes of at least 4 members (excludes halogenated alkanes) is 46. The zero-order valence-corrected chi connectivity index (χ0v) is 55.0. The van der Waals surface area contributed by atoms with E-state index in [-0.39, 0.29) is 31.1 Å². The predicted octanol–water partition coefficient (Wildman–Crippen LogP) is 25.1. The maximum Gasteiger partial charge on any atom is 0.306 e. The van der Waals surface area contributed by atoms with Crippen LogP contribution in [0.3, 0.4) is 0 Å². The van der Waals surface area contributed by atoms with Crippen molar-refractivity contribution in [2.75, 3.05) is 13.2 Å². The van der Waals surface area contributed by atoms with Crippen LogP contribution < -0.4 is 0 Å². The van der Waals surface area contributed by atoms with Crippen LogP contribution in [0.2, 0.25) is 0 Å². The van der Waals surface area contributed by atoms with Gasteiger partial charge in [-0.1, -0.05) is 364 Å². The average Bonchev–Trinajstić information content (AvgIpc) is 3.47. The summed E-state index contributed by atoms with van der Waals surface area (Å²) in [6.07, 6.45) is 91.1. The third-order valence-corrected chi connectivity index (χ3v) is 16.3. The number of hydrogen-bond acceptors (Lipinski definition) is 6. The van der Waals surface area contributed by atoms with Crippen LogP contribution >= 0.6 is 0 Å². The molecule has 0 heterocycles.